The number of fused-ring (bicyclic) bond motifs is 1. The van der Waals surface area contributed by atoms with E-state index in [0.717, 1.165) is 0 Å². The molecule has 3 rings (SSSR count). The Labute approximate surface area is 147 Å². The van der Waals surface area contributed by atoms with E-state index in [1.165, 1.54) is 23.0 Å². The molecule has 0 bridgehead atoms. The molecule has 122 valence electrons. The molecule has 0 spiro atoms. The number of hydrogen-bond donors (Lipinski definition) is 1. The molecule has 1 N–H and O–H groups in total. The van der Waals surface area contributed by atoms with E-state index in [-0.39, 0.29) is 24.4 Å². The summed E-state index contributed by atoms with van der Waals surface area (Å²) in [5.41, 5.74) is 0.831. The van der Waals surface area contributed by atoms with Gasteiger partial charge in [-0.15, -0.1) is 0 Å². The van der Waals surface area contributed by atoms with E-state index in [1.54, 1.807) is 12.1 Å². The number of carbonyl (C=O) groups is 1. The van der Waals surface area contributed by atoms with Gasteiger partial charge in [-0.2, -0.15) is 0 Å². The number of nitrogens with one attached hydrogen (secondary N) is 1. The van der Waals surface area contributed by atoms with Crippen molar-refractivity contribution < 1.29 is 4.79 Å². The number of hydrogen-bond acceptors (Lipinski definition) is 3. The Morgan fingerprint density at radius 3 is 2.67 bits per heavy atom. The Bertz CT molecular complexity index is 955. The third-order valence-corrected chi connectivity index (χ3v) is 3.99. The summed E-state index contributed by atoms with van der Waals surface area (Å²) in [6.45, 7) is 0.213. The Kier molecular flexibility index (Phi) is 4.83. The Balaban J connectivity index is 1.77. The van der Waals surface area contributed by atoms with Crippen LogP contribution in [0.4, 0.5) is 5.69 Å². The number of nitrogens with zero attached hydrogens (tertiary/aromatic N) is 2. The molecule has 3 aromatic rings. The van der Waals surface area contributed by atoms with Crippen molar-refractivity contribution in [3.63, 3.8) is 0 Å². The first-order chi connectivity index (χ1) is 11.5. The minimum atomic E-state index is -0.281. The average Bonchev–Trinajstić information content (AvgIpc) is 2.56. The first-order valence-corrected chi connectivity index (χ1v) is 7.99. The molecular formula is C17H13Cl2N3O2. The predicted octanol–water partition coefficient (Wildman–Crippen LogP) is 3.73. The highest BCUT2D eigenvalue weighted by Crippen LogP contribution is 2.23. The lowest BCUT2D eigenvalue weighted by molar-refractivity contribution is -0.116. The second kappa shape index (κ2) is 7.03. The molecule has 0 atom stereocenters. The van der Waals surface area contributed by atoms with Gasteiger partial charge in [0.2, 0.25) is 5.91 Å². The smallest absolute Gasteiger partial charge is 0.261 e. The maximum absolute atomic E-state index is 12.5. The minimum absolute atomic E-state index is 0.149. The van der Waals surface area contributed by atoms with Crippen LogP contribution >= 0.6 is 23.2 Å². The van der Waals surface area contributed by atoms with Crippen LogP contribution in [0.1, 0.15) is 6.42 Å². The van der Waals surface area contributed by atoms with Gasteiger partial charge >= 0.3 is 0 Å². The molecule has 0 aliphatic rings. The number of para-hydroxylation sites is 1. The van der Waals surface area contributed by atoms with Crippen molar-refractivity contribution in [2.45, 2.75) is 13.0 Å². The fourth-order valence-electron chi connectivity index (χ4n) is 2.32. The summed E-state index contributed by atoms with van der Waals surface area (Å²) in [6.07, 6.45) is 1.54. The number of carbonyl (C=O) groups excluding carboxylic acids is 1. The third-order valence-electron chi connectivity index (χ3n) is 3.48. The topological polar surface area (TPSA) is 64.0 Å². The van der Waals surface area contributed by atoms with Crippen LogP contribution in [-0.4, -0.2) is 15.5 Å². The number of anilines is 1. The van der Waals surface area contributed by atoms with Crippen LogP contribution in [0.15, 0.2) is 53.6 Å². The summed E-state index contributed by atoms with van der Waals surface area (Å²) in [6, 6.07) is 12.2. The van der Waals surface area contributed by atoms with Gasteiger partial charge in [-0.05, 0) is 24.3 Å². The summed E-state index contributed by atoms with van der Waals surface area (Å²) < 4.78 is 1.37. The monoisotopic (exact) mass is 361 g/mol. The van der Waals surface area contributed by atoms with Crippen molar-refractivity contribution in [3.05, 3.63) is 69.2 Å². The standard InChI is InChI=1S/C17H13Cl2N3O2/c18-11-8-13-16(14(19)9-11)20-10-22(17(13)24)7-6-15(23)21-12-4-2-1-3-5-12/h1-5,8-10H,6-7H2,(H,21,23). The van der Waals surface area contributed by atoms with Crippen LogP contribution in [0, 0.1) is 0 Å². The normalized spacial score (nSPS) is 10.8. The highest BCUT2D eigenvalue weighted by atomic mass is 35.5. The van der Waals surface area contributed by atoms with Gasteiger partial charge in [0, 0.05) is 23.7 Å². The van der Waals surface area contributed by atoms with Crippen LogP contribution < -0.4 is 10.9 Å². The maximum atomic E-state index is 12.5. The number of halogens is 2. The van der Waals surface area contributed by atoms with E-state index in [9.17, 15) is 9.59 Å². The van der Waals surface area contributed by atoms with Gasteiger partial charge in [-0.3, -0.25) is 14.2 Å². The highest BCUT2D eigenvalue weighted by molar-refractivity contribution is 6.38. The van der Waals surface area contributed by atoms with Gasteiger partial charge in [0.05, 0.1) is 22.3 Å². The van der Waals surface area contributed by atoms with Crippen LogP contribution in [-0.2, 0) is 11.3 Å². The van der Waals surface area contributed by atoms with Crippen molar-refractivity contribution in [1.82, 2.24) is 9.55 Å². The van der Waals surface area contributed by atoms with E-state index in [1.807, 2.05) is 18.2 Å². The maximum Gasteiger partial charge on any atom is 0.261 e. The van der Waals surface area contributed by atoms with Crippen molar-refractivity contribution in [2.75, 3.05) is 5.32 Å². The zero-order chi connectivity index (χ0) is 17.1. The van der Waals surface area contributed by atoms with Crippen LogP contribution in [0.3, 0.4) is 0 Å². The second-order valence-corrected chi connectivity index (χ2v) is 6.03. The van der Waals surface area contributed by atoms with Crippen LogP contribution in [0.2, 0.25) is 10.0 Å². The lowest BCUT2D eigenvalue weighted by Gasteiger charge is -2.08. The van der Waals surface area contributed by atoms with Gasteiger partial charge in [-0.1, -0.05) is 41.4 Å². The van der Waals surface area contributed by atoms with E-state index >= 15 is 0 Å². The van der Waals surface area contributed by atoms with Gasteiger partial charge in [0.25, 0.3) is 5.56 Å². The van der Waals surface area contributed by atoms with E-state index in [0.29, 0.717) is 26.6 Å². The molecule has 0 saturated carbocycles. The number of benzene rings is 2. The highest BCUT2D eigenvalue weighted by Gasteiger charge is 2.10. The fraction of sp³-hybridized carbons (Fsp3) is 0.118. The quantitative estimate of drug-likeness (QED) is 0.769. The predicted molar refractivity (Wildman–Crippen MR) is 95.7 cm³/mol. The molecule has 0 radical (unpaired) electrons. The summed E-state index contributed by atoms with van der Waals surface area (Å²) in [7, 11) is 0. The molecule has 7 heteroatoms. The van der Waals surface area contributed by atoms with Crippen molar-refractivity contribution in [1.29, 1.82) is 0 Å². The van der Waals surface area contributed by atoms with E-state index in [2.05, 4.69) is 10.3 Å². The Morgan fingerprint density at radius 2 is 1.92 bits per heavy atom. The van der Waals surface area contributed by atoms with Gasteiger partial charge < -0.3 is 5.32 Å². The zero-order valence-corrected chi connectivity index (χ0v) is 14.0. The lowest BCUT2D eigenvalue weighted by atomic mass is 10.2. The average molecular weight is 362 g/mol. The summed E-state index contributed by atoms with van der Waals surface area (Å²) in [4.78, 5) is 28.6. The molecule has 0 saturated heterocycles. The second-order valence-electron chi connectivity index (χ2n) is 5.19. The number of aryl methyl sites for hydroxylation is 1. The molecular weight excluding hydrogens is 349 g/mol. The summed E-state index contributed by atoms with van der Waals surface area (Å²) in [5.74, 6) is -0.183. The Morgan fingerprint density at radius 1 is 1.17 bits per heavy atom. The first kappa shape index (κ1) is 16.5. The van der Waals surface area contributed by atoms with Gasteiger partial charge in [0.15, 0.2) is 0 Å². The van der Waals surface area contributed by atoms with Crippen molar-refractivity contribution in [2.24, 2.45) is 0 Å². The van der Waals surface area contributed by atoms with Gasteiger partial charge in [0.1, 0.15) is 0 Å². The number of amides is 1. The van der Waals surface area contributed by atoms with E-state index in [4.69, 9.17) is 23.2 Å². The molecule has 0 fully saturated rings. The molecule has 24 heavy (non-hydrogen) atoms. The summed E-state index contributed by atoms with van der Waals surface area (Å²) in [5, 5.41) is 3.79. The van der Waals surface area contributed by atoms with Gasteiger partial charge in [-0.25, -0.2) is 4.98 Å². The lowest BCUT2D eigenvalue weighted by Crippen LogP contribution is -2.23. The third kappa shape index (κ3) is 3.58. The molecule has 1 aromatic heterocycles. The largest absolute Gasteiger partial charge is 0.326 e. The number of rotatable bonds is 4. The Hall–Kier alpha value is -2.37. The molecule has 2 aromatic carbocycles. The van der Waals surface area contributed by atoms with Crippen LogP contribution in [0.5, 0.6) is 0 Å². The molecule has 0 aliphatic carbocycles. The minimum Gasteiger partial charge on any atom is -0.326 e. The van der Waals surface area contributed by atoms with Crippen molar-refractivity contribution >= 4 is 45.7 Å². The molecule has 0 unspecified atom stereocenters. The molecule has 5 nitrogen and oxygen atoms in total. The molecule has 1 amide bonds. The molecule has 0 aliphatic heterocycles. The van der Waals surface area contributed by atoms with Crippen molar-refractivity contribution in [3.8, 4) is 0 Å². The fourth-order valence-corrected chi connectivity index (χ4v) is 2.86. The SMILES string of the molecule is O=C(CCn1cnc2c(Cl)cc(Cl)cc2c1=O)Nc1ccccc1. The first-order valence-electron chi connectivity index (χ1n) is 7.23. The number of aromatic nitrogens is 2. The zero-order valence-electron chi connectivity index (χ0n) is 12.5. The summed E-state index contributed by atoms with van der Waals surface area (Å²) >= 11 is 12.0. The molecule has 1 heterocycles. The van der Waals surface area contributed by atoms with E-state index < -0.39 is 0 Å². The van der Waals surface area contributed by atoms with Crippen LogP contribution in [0.25, 0.3) is 10.9 Å².